The molecule has 0 amide bonds. The minimum absolute atomic E-state index is 0.0229. The van der Waals surface area contributed by atoms with Crippen molar-refractivity contribution in [1.29, 1.82) is 0 Å². The van der Waals surface area contributed by atoms with E-state index in [9.17, 15) is 13.2 Å². The third-order valence-corrected chi connectivity index (χ3v) is 5.74. The quantitative estimate of drug-likeness (QED) is 0.827. The SMILES string of the molecule is O=C(O)c1cc(S(=O)(=O)N2CCN(C3CC3)CC2)c[nH]1. The second-order valence-corrected chi connectivity index (χ2v) is 7.16. The van der Waals surface area contributed by atoms with E-state index in [1.165, 1.54) is 29.4 Å². The van der Waals surface area contributed by atoms with Crippen LogP contribution in [0.3, 0.4) is 0 Å². The molecule has 1 aliphatic carbocycles. The van der Waals surface area contributed by atoms with Crippen molar-refractivity contribution in [3.63, 3.8) is 0 Å². The second kappa shape index (κ2) is 4.87. The molecule has 20 heavy (non-hydrogen) atoms. The molecule has 0 aromatic carbocycles. The van der Waals surface area contributed by atoms with Crippen LogP contribution in [0.2, 0.25) is 0 Å². The molecule has 0 spiro atoms. The standard InChI is InChI=1S/C12H17N3O4S/c16-12(17)11-7-10(8-13-11)20(18,19)15-5-3-14(4-6-15)9-1-2-9/h7-9,13H,1-6H2,(H,16,17). The van der Waals surface area contributed by atoms with Gasteiger partial charge in [0.05, 0.1) is 0 Å². The second-order valence-electron chi connectivity index (χ2n) is 5.23. The van der Waals surface area contributed by atoms with Crippen molar-refractivity contribution < 1.29 is 18.3 Å². The van der Waals surface area contributed by atoms with Crippen molar-refractivity contribution in [3.05, 3.63) is 18.0 Å². The molecule has 110 valence electrons. The Balaban J connectivity index is 1.72. The average Bonchev–Trinajstić information content (AvgIpc) is 3.14. The zero-order valence-electron chi connectivity index (χ0n) is 10.9. The Hall–Kier alpha value is -1.38. The summed E-state index contributed by atoms with van der Waals surface area (Å²) in [5.41, 5.74) is -0.111. The van der Waals surface area contributed by atoms with Gasteiger partial charge in [0.2, 0.25) is 10.0 Å². The fourth-order valence-electron chi connectivity index (χ4n) is 2.54. The van der Waals surface area contributed by atoms with Gasteiger partial charge in [-0.25, -0.2) is 13.2 Å². The number of carboxylic acid groups (broad SMARTS) is 1. The lowest BCUT2D eigenvalue weighted by molar-refractivity contribution is 0.0691. The Morgan fingerprint density at radius 1 is 1.25 bits per heavy atom. The lowest BCUT2D eigenvalue weighted by Crippen LogP contribution is -2.49. The maximum Gasteiger partial charge on any atom is 0.352 e. The highest BCUT2D eigenvalue weighted by molar-refractivity contribution is 7.89. The van der Waals surface area contributed by atoms with E-state index < -0.39 is 16.0 Å². The largest absolute Gasteiger partial charge is 0.477 e. The van der Waals surface area contributed by atoms with Crippen LogP contribution in [0.4, 0.5) is 0 Å². The van der Waals surface area contributed by atoms with Gasteiger partial charge in [-0.15, -0.1) is 0 Å². The number of carbonyl (C=O) groups is 1. The number of H-pyrrole nitrogens is 1. The van der Waals surface area contributed by atoms with Crippen LogP contribution in [0.25, 0.3) is 0 Å². The van der Waals surface area contributed by atoms with Crippen LogP contribution in [0, 0.1) is 0 Å². The molecule has 2 fully saturated rings. The van der Waals surface area contributed by atoms with Gasteiger partial charge in [-0.1, -0.05) is 0 Å². The number of nitrogens with one attached hydrogen (secondary N) is 1. The van der Waals surface area contributed by atoms with Gasteiger partial charge in [-0.05, 0) is 18.9 Å². The molecule has 0 radical (unpaired) electrons. The van der Waals surface area contributed by atoms with Gasteiger partial charge in [-0.3, -0.25) is 4.90 Å². The number of aromatic amines is 1. The molecule has 1 saturated heterocycles. The zero-order valence-corrected chi connectivity index (χ0v) is 11.8. The minimum atomic E-state index is -3.59. The van der Waals surface area contributed by atoms with Gasteiger partial charge < -0.3 is 10.1 Å². The van der Waals surface area contributed by atoms with Gasteiger partial charge in [-0.2, -0.15) is 4.31 Å². The first-order valence-corrected chi connectivity index (χ1v) is 8.08. The molecule has 0 atom stereocenters. The summed E-state index contributed by atoms with van der Waals surface area (Å²) in [7, 11) is -3.59. The summed E-state index contributed by atoms with van der Waals surface area (Å²) < 4.78 is 26.3. The smallest absolute Gasteiger partial charge is 0.352 e. The summed E-state index contributed by atoms with van der Waals surface area (Å²) >= 11 is 0. The van der Waals surface area contributed by atoms with Gasteiger partial charge in [0.15, 0.2) is 0 Å². The maximum absolute atomic E-state index is 12.4. The van der Waals surface area contributed by atoms with Gasteiger partial charge >= 0.3 is 5.97 Å². The molecular weight excluding hydrogens is 282 g/mol. The van der Waals surface area contributed by atoms with Crippen LogP contribution in [-0.2, 0) is 10.0 Å². The number of hydrogen-bond acceptors (Lipinski definition) is 4. The third kappa shape index (κ3) is 2.46. The van der Waals surface area contributed by atoms with Gasteiger partial charge in [0, 0.05) is 38.4 Å². The van der Waals surface area contributed by atoms with Crippen LogP contribution < -0.4 is 0 Å². The van der Waals surface area contributed by atoms with E-state index in [2.05, 4.69) is 9.88 Å². The van der Waals surface area contributed by atoms with Crippen LogP contribution >= 0.6 is 0 Å². The molecular formula is C12H17N3O4S. The number of piperazine rings is 1. The number of aromatic nitrogens is 1. The minimum Gasteiger partial charge on any atom is -0.477 e. The van der Waals surface area contributed by atoms with E-state index in [1.54, 1.807) is 0 Å². The number of aromatic carboxylic acids is 1. The normalized spacial score (nSPS) is 22.0. The first kappa shape index (κ1) is 13.6. The van der Waals surface area contributed by atoms with Gasteiger partial charge in [0.25, 0.3) is 0 Å². The van der Waals surface area contributed by atoms with Crippen molar-refractivity contribution in [2.45, 2.75) is 23.8 Å². The average molecular weight is 299 g/mol. The molecule has 2 N–H and O–H groups in total. The summed E-state index contributed by atoms with van der Waals surface area (Å²) in [4.78, 5) is 15.6. The molecule has 8 heteroatoms. The molecule has 1 aromatic heterocycles. The highest BCUT2D eigenvalue weighted by Crippen LogP contribution is 2.28. The molecule has 7 nitrogen and oxygen atoms in total. The molecule has 1 saturated carbocycles. The first-order chi connectivity index (χ1) is 9.48. The number of carboxylic acids is 1. The lowest BCUT2D eigenvalue weighted by atomic mass is 10.3. The topological polar surface area (TPSA) is 93.7 Å². The third-order valence-electron chi connectivity index (χ3n) is 3.86. The highest BCUT2D eigenvalue weighted by Gasteiger charge is 2.35. The van der Waals surface area contributed by atoms with E-state index in [0.717, 1.165) is 13.1 Å². The Bertz CT molecular complexity index is 612. The summed E-state index contributed by atoms with van der Waals surface area (Å²) in [5, 5.41) is 8.83. The fourth-order valence-corrected chi connectivity index (χ4v) is 3.96. The van der Waals surface area contributed by atoms with Crippen LogP contribution in [-0.4, -0.2) is 65.9 Å². The van der Waals surface area contributed by atoms with Crippen molar-refractivity contribution in [1.82, 2.24) is 14.2 Å². The van der Waals surface area contributed by atoms with E-state index >= 15 is 0 Å². The van der Waals surface area contributed by atoms with Crippen molar-refractivity contribution in [3.8, 4) is 0 Å². The van der Waals surface area contributed by atoms with E-state index in [1.807, 2.05) is 0 Å². The Morgan fingerprint density at radius 2 is 1.90 bits per heavy atom. The van der Waals surface area contributed by atoms with Crippen molar-refractivity contribution in [2.24, 2.45) is 0 Å². The zero-order chi connectivity index (χ0) is 14.3. The molecule has 2 aliphatic rings. The Kier molecular flexibility index (Phi) is 3.31. The summed E-state index contributed by atoms with van der Waals surface area (Å²) in [6, 6.07) is 1.82. The van der Waals surface area contributed by atoms with Gasteiger partial charge in [0.1, 0.15) is 10.6 Å². The van der Waals surface area contributed by atoms with Crippen molar-refractivity contribution in [2.75, 3.05) is 26.2 Å². The first-order valence-electron chi connectivity index (χ1n) is 6.64. The van der Waals surface area contributed by atoms with E-state index in [-0.39, 0.29) is 10.6 Å². The van der Waals surface area contributed by atoms with E-state index in [4.69, 9.17) is 5.11 Å². The van der Waals surface area contributed by atoms with E-state index in [0.29, 0.717) is 19.1 Å². The fraction of sp³-hybridized carbons (Fsp3) is 0.583. The number of sulfonamides is 1. The maximum atomic E-state index is 12.4. The van der Waals surface area contributed by atoms with Crippen LogP contribution in [0.5, 0.6) is 0 Å². The summed E-state index contributed by atoms with van der Waals surface area (Å²) in [6.07, 6.45) is 3.67. The molecule has 0 unspecified atom stereocenters. The highest BCUT2D eigenvalue weighted by atomic mass is 32.2. The summed E-state index contributed by atoms with van der Waals surface area (Å²) in [5.74, 6) is -1.16. The van der Waals surface area contributed by atoms with Crippen molar-refractivity contribution >= 4 is 16.0 Å². The monoisotopic (exact) mass is 299 g/mol. The predicted octanol–water partition coefficient (Wildman–Crippen LogP) is 0.182. The Labute approximate surface area is 117 Å². The number of rotatable bonds is 4. The summed E-state index contributed by atoms with van der Waals surface area (Å²) in [6.45, 7) is 2.43. The molecule has 1 aliphatic heterocycles. The number of nitrogens with zero attached hydrogens (tertiary/aromatic N) is 2. The lowest BCUT2D eigenvalue weighted by Gasteiger charge is -2.33. The molecule has 1 aromatic rings. The Morgan fingerprint density at radius 3 is 2.40 bits per heavy atom. The molecule has 0 bridgehead atoms. The predicted molar refractivity (Wildman–Crippen MR) is 71.1 cm³/mol. The van der Waals surface area contributed by atoms with Crippen LogP contribution in [0.15, 0.2) is 17.2 Å². The molecule has 2 heterocycles. The van der Waals surface area contributed by atoms with Crippen LogP contribution in [0.1, 0.15) is 23.3 Å². The molecule has 3 rings (SSSR count). The number of hydrogen-bond donors (Lipinski definition) is 2.